The van der Waals surface area contributed by atoms with Crippen molar-refractivity contribution in [1.82, 2.24) is 15.2 Å². The van der Waals surface area contributed by atoms with Crippen molar-refractivity contribution in [3.05, 3.63) is 54.0 Å². The minimum Gasteiger partial charge on any atom is -0.439 e. The van der Waals surface area contributed by atoms with E-state index in [0.717, 1.165) is 50.6 Å². The van der Waals surface area contributed by atoms with Crippen molar-refractivity contribution in [2.75, 3.05) is 32.8 Å². The lowest BCUT2D eigenvalue weighted by atomic mass is 10.1. The van der Waals surface area contributed by atoms with Crippen LogP contribution in [0.2, 0.25) is 0 Å². The SMILES string of the molecule is CCNC(=NCc1ccc(Oc2cccc(F)c2)nc1)N1CCOC(C2CCCO2)C1.I. The molecule has 2 aromatic rings. The Morgan fingerprint density at radius 2 is 2.12 bits per heavy atom. The number of pyridine rings is 1. The van der Waals surface area contributed by atoms with Gasteiger partial charge in [-0.25, -0.2) is 14.4 Å². The summed E-state index contributed by atoms with van der Waals surface area (Å²) >= 11 is 0. The summed E-state index contributed by atoms with van der Waals surface area (Å²) in [6.45, 7) is 6.42. The maximum absolute atomic E-state index is 13.3. The summed E-state index contributed by atoms with van der Waals surface area (Å²) in [6.07, 6.45) is 4.16. The average Bonchev–Trinajstić information content (AvgIpc) is 3.33. The first-order valence-corrected chi connectivity index (χ1v) is 10.9. The molecule has 4 rings (SSSR count). The highest BCUT2D eigenvalue weighted by Crippen LogP contribution is 2.22. The van der Waals surface area contributed by atoms with Crippen molar-refractivity contribution in [3.63, 3.8) is 0 Å². The molecule has 2 unspecified atom stereocenters. The van der Waals surface area contributed by atoms with E-state index in [0.29, 0.717) is 24.8 Å². The van der Waals surface area contributed by atoms with Crippen LogP contribution in [0.1, 0.15) is 25.3 Å². The molecular formula is C23H30FIN4O3. The maximum atomic E-state index is 13.3. The number of aliphatic imine (C=N–C) groups is 1. The second-order valence-corrected chi connectivity index (χ2v) is 7.64. The second-order valence-electron chi connectivity index (χ2n) is 7.64. The summed E-state index contributed by atoms with van der Waals surface area (Å²) in [5.74, 6) is 1.36. The van der Waals surface area contributed by atoms with Gasteiger partial charge in [-0.3, -0.25) is 0 Å². The zero-order chi connectivity index (χ0) is 21.5. The number of halogens is 2. The molecule has 2 atom stereocenters. The summed E-state index contributed by atoms with van der Waals surface area (Å²) in [6, 6.07) is 9.69. The van der Waals surface area contributed by atoms with Crippen LogP contribution in [0.3, 0.4) is 0 Å². The first-order valence-electron chi connectivity index (χ1n) is 10.9. The second kappa shape index (κ2) is 12.3. The number of nitrogens with zero attached hydrogens (tertiary/aromatic N) is 3. The van der Waals surface area contributed by atoms with Crippen LogP contribution in [0.4, 0.5) is 4.39 Å². The van der Waals surface area contributed by atoms with Crippen molar-refractivity contribution in [1.29, 1.82) is 0 Å². The van der Waals surface area contributed by atoms with Gasteiger partial charge in [0.1, 0.15) is 17.7 Å². The van der Waals surface area contributed by atoms with Gasteiger partial charge in [-0.2, -0.15) is 0 Å². The Morgan fingerprint density at radius 1 is 1.25 bits per heavy atom. The van der Waals surface area contributed by atoms with Crippen LogP contribution in [0.5, 0.6) is 11.6 Å². The molecule has 2 fully saturated rings. The molecule has 7 nitrogen and oxygen atoms in total. The van der Waals surface area contributed by atoms with Gasteiger partial charge in [0.15, 0.2) is 5.96 Å². The van der Waals surface area contributed by atoms with Crippen LogP contribution in [0.25, 0.3) is 0 Å². The van der Waals surface area contributed by atoms with Crippen LogP contribution in [0.15, 0.2) is 47.6 Å². The molecule has 1 N–H and O–H groups in total. The highest BCUT2D eigenvalue weighted by molar-refractivity contribution is 14.0. The standard InChI is InChI=1S/C23H29FN4O3.HI/c1-2-25-23(28-10-12-30-21(16-28)20-7-4-11-29-20)27-15-17-8-9-22(26-14-17)31-19-6-3-5-18(24)13-19;/h3,5-6,8-9,13-14,20-21H,2,4,7,10-12,15-16H2,1H3,(H,25,27);1H. The highest BCUT2D eigenvalue weighted by Gasteiger charge is 2.32. The number of guanidine groups is 1. The largest absolute Gasteiger partial charge is 0.439 e. The summed E-state index contributed by atoms with van der Waals surface area (Å²) in [5, 5.41) is 3.38. The molecular weight excluding hydrogens is 526 g/mol. The molecule has 0 bridgehead atoms. The van der Waals surface area contributed by atoms with Gasteiger partial charge in [0.25, 0.3) is 0 Å². The Balaban J connectivity index is 0.00000289. The van der Waals surface area contributed by atoms with Crippen LogP contribution in [-0.2, 0) is 16.0 Å². The molecule has 0 aliphatic carbocycles. The number of rotatable bonds is 6. The quantitative estimate of drug-likeness (QED) is 0.330. The molecule has 9 heteroatoms. The van der Waals surface area contributed by atoms with Gasteiger partial charge in [0.05, 0.1) is 19.3 Å². The number of benzene rings is 1. The Hall–Kier alpha value is -1.98. The third-order valence-corrected chi connectivity index (χ3v) is 5.33. The lowest BCUT2D eigenvalue weighted by Gasteiger charge is -2.37. The van der Waals surface area contributed by atoms with E-state index in [1.807, 2.05) is 6.07 Å². The zero-order valence-corrected chi connectivity index (χ0v) is 20.5. The third-order valence-electron chi connectivity index (χ3n) is 5.33. The van der Waals surface area contributed by atoms with E-state index >= 15 is 0 Å². The molecule has 0 saturated carbocycles. The molecule has 0 spiro atoms. The molecule has 2 saturated heterocycles. The van der Waals surface area contributed by atoms with E-state index in [9.17, 15) is 4.39 Å². The summed E-state index contributed by atoms with van der Waals surface area (Å²) < 4.78 is 30.7. The van der Waals surface area contributed by atoms with Gasteiger partial charge >= 0.3 is 0 Å². The molecule has 174 valence electrons. The van der Waals surface area contributed by atoms with E-state index in [1.165, 1.54) is 12.1 Å². The molecule has 32 heavy (non-hydrogen) atoms. The zero-order valence-electron chi connectivity index (χ0n) is 18.2. The summed E-state index contributed by atoms with van der Waals surface area (Å²) in [5.41, 5.74) is 0.964. The number of morpholine rings is 1. The van der Waals surface area contributed by atoms with Crippen LogP contribution in [0, 0.1) is 5.82 Å². The van der Waals surface area contributed by atoms with E-state index < -0.39 is 0 Å². The fourth-order valence-electron chi connectivity index (χ4n) is 3.80. The van der Waals surface area contributed by atoms with Gasteiger partial charge in [-0.05, 0) is 37.5 Å². The fourth-order valence-corrected chi connectivity index (χ4v) is 3.80. The number of hydrogen-bond donors (Lipinski definition) is 1. The lowest BCUT2D eigenvalue weighted by Crippen LogP contribution is -2.53. The first kappa shape index (κ1) is 24.7. The Morgan fingerprint density at radius 3 is 2.84 bits per heavy atom. The molecule has 3 heterocycles. The maximum Gasteiger partial charge on any atom is 0.219 e. The average molecular weight is 556 g/mol. The summed E-state index contributed by atoms with van der Waals surface area (Å²) in [7, 11) is 0. The van der Waals surface area contributed by atoms with Gasteiger partial charge < -0.3 is 24.4 Å². The van der Waals surface area contributed by atoms with Crippen molar-refractivity contribution in [2.45, 2.75) is 38.5 Å². The van der Waals surface area contributed by atoms with Gasteiger partial charge in [-0.15, -0.1) is 24.0 Å². The van der Waals surface area contributed by atoms with Crippen LogP contribution in [-0.4, -0.2) is 60.9 Å². The minimum absolute atomic E-state index is 0. The molecule has 0 radical (unpaired) electrons. The van der Waals surface area contributed by atoms with Crippen LogP contribution < -0.4 is 10.1 Å². The molecule has 2 aliphatic rings. The topological polar surface area (TPSA) is 68.2 Å². The number of aromatic nitrogens is 1. The van der Waals surface area contributed by atoms with E-state index in [-0.39, 0.29) is 42.0 Å². The molecule has 1 aromatic heterocycles. The Kier molecular flexibility index (Phi) is 9.49. The predicted molar refractivity (Wildman–Crippen MR) is 131 cm³/mol. The normalized spacial score (nSPS) is 21.2. The number of hydrogen-bond acceptors (Lipinski definition) is 5. The molecule has 2 aliphatic heterocycles. The van der Waals surface area contributed by atoms with Crippen molar-refractivity contribution < 1.29 is 18.6 Å². The lowest BCUT2D eigenvalue weighted by molar-refractivity contribution is -0.0817. The molecule has 1 aromatic carbocycles. The van der Waals surface area contributed by atoms with Gasteiger partial charge in [0.2, 0.25) is 5.88 Å². The Labute approximate surface area is 205 Å². The van der Waals surface area contributed by atoms with Gasteiger partial charge in [0, 0.05) is 44.6 Å². The minimum atomic E-state index is -0.343. The summed E-state index contributed by atoms with van der Waals surface area (Å²) in [4.78, 5) is 11.4. The number of ether oxygens (including phenoxy) is 3. The monoisotopic (exact) mass is 556 g/mol. The van der Waals surface area contributed by atoms with Crippen molar-refractivity contribution in [2.24, 2.45) is 4.99 Å². The van der Waals surface area contributed by atoms with E-state index in [4.69, 9.17) is 19.2 Å². The van der Waals surface area contributed by atoms with E-state index in [2.05, 4.69) is 22.1 Å². The predicted octanol–water partition coefficient (Wildman–Crippen LogP) is 3.98. The third kappa shape index (κ3) is 6.76. The number of nitrogens with one attached hydrogen (secondary N) is 1. The van der Waals surface area contributed by atoms with E-state index in [1.54, 1.807) is 24.4 Å². The van der Waals surface area contributed by atoms with Gasteiger partial charge in [-0.1, -0.05) is 12.1 Å². The molecule has 0 amide bonds. The van der Waals surface area contributed by atoms with Crippen molar-refractivity contribution in [3.8, 4) is 11.6 Å². The van der Waals surface area contributed by atoms with Crippen LogP contribution >= 0.6 is 24.0 Å². The highest BCUT2D eigenvalue weighted by atomic mass is 127. The van der Waals surface area contributed by atoms with Crippen molar-refractivity contribution >= 4 is 29.9 Å². The fraction of sp³-hybridized carbons (Fsp3) is 0.478. The Bertz CT molecular complexity index is 878. The first-order chi connectivity index (χ1) is 15.2. The smallest absolute Gasteiger partial charge is 0.219 e.